The molecule has 61 valence electrons. The van der Waals surface area contributed by atoms with Gasteiger partial charge in [0.25, 0.3) is 0 Å². The van der Waals surface area contributed by atoms with E-state index in [2.05, 4.69) is 5.32 Å². The Hall–Kier alpha value is -0.120. The summed E-state index contributed by atoms with van der Waals surface area (Å²) in [5.41, 5.74) is 0. The Labute approximate surface area is 62.1 Å². The van der Waals surface area contributed by atoms with Gasteiger partial charge in [-0.2, -0.15) is 0 Å². The predicted octanol–water partition coefficient (Wildman–Crippen LogP) is -0.457. The lowest BCUT2D eigenvalue weighted by Gasteiger charge is -2.08. The quantitative estimate of drug-likeness (QED) is 0.445. The standard InChI is InChI=1S/C7H16NO2/c1-2-3-7(10)6-8-4-5-9/h3,7-10H,2,4-6H2,1H3. The Bertz CT molecular complexity index is 68.6. The molecule has 0 aliphatic heterocycles. The fourth-order valence-corrected chi connectivity index (χ4v) is 0.684. The summed E-state index contributed by atoms with van der Waals surface area (Å²) < 4.78 is 0. The minimum absolute atomic E-state index is 0.124. The number of hydrogen-bond acceptors (Lipinski definition) is 3. The van der Waals surface area contributed by atoms with Crippen LogP contribution in [0.15, 0.2) is 0 Å². The molecule has 0 amide bonds. The van der Waals surface area contributed by atoms with Crippen molar-refractivity contribution in [1.29, 1.82) is 0 Å². The van der Waals surface area contributed by atoms with Gasteiger partial charge in [-0.3, -0.25) is 0 Å². The first-order chi connectivity index (χ1) is 4.81. The fourth-order valence-electron chi connectivity index (χ4n) is 0.684. The molecule has 0 heterocycles. The summed E-state index contributed by atoms with van der Waals surface area (Å²) in [5, 5.41) is 20.3. The zero-order chi connectivity index (χ0) is 7.82. The summed E-state index contributed by atoms with van der Waals surface area (Å²) in [5.74, 6) is 0. The summed E-state index contributed by atoms with van der Waals surface area (Å²) in [7, 11) is 0. The van der Waals surface area contributed by atoms with E-state index < -0.39 is 0 Å². The molecule has 1 unspecified atom stereocenters. The van der Waals surface area contributed by atoms with Crippen LogP contribution in [-0.4, -0.2) is 36.0 Å². The third-order valence-electron chi connectivity index (χ3n) is 1.15. The normalized spacial score (nSPS) is 13.5. The van der Waals surface area contributed by atoms with Crippen LogP contribution in [0.2, 0.25) is 0 Å². The van der Waals surface area contributed by atoms with E-state index in [4.69, 9.17) is 10.2 Å². The van der Waals surface area contributed by atoms with Gasteiger partial charge in [-0.05, 0) is 6.42 Å². The highest BCUT2D eigenvalue weighted by Gasteiger charge is 1.99. The Morgan fingerprint density at radius 1 is 1.60 bits per heavy atom. The second-order valence-corrected chi connectivity index (χ2v) is 2.14. The second kappa shape index (κ2) is 6.99. The van der Waals surface area contributed by atoms with Crippen molar-refractivity contribution in [3.8, 4) is 0 Å². The smallest absolute Gasteiger partial charge is 0.0696 e. The third-order valence-corrected chi connectivity index (χ3v) is 1.15. The molecule has 0 aromatic carbocycles. The van der Waals surface area contributed by atoms with E-state index in [1.807, 2.05) is 13.3 Å². The van der Waals surface area contributed by atoms with Gasteiger partial charge in [0.2, 0.25) is 0 Å². The minimum Gasteiger partial charge on any atom is -0.395 e. The van der Waals surface area contributed by atoms with Crippen molar-refractivity contribution in [2.75, 3.05) is 19.7 Å². The summed E-state index contributed by atoms with van der Waals surface area (Å²) >= 11 is 0. The maximum atomic E-state index is 9.08. The number of hydrogen-bond donors (Lipinski definition) is 3. The molecule has 0 aliphatic carbocycles. The Morgan fingerprint density at radius 2 is 2.30 bits per heavy atom. The molecule has 10 heavy (non-hydrogen) atoms. The zero-order valence-electron chi connectivity index (χ0n) is 6.38. The van der Waals surface area contributed by atoms with Crippen molar-refractivity contribution >= 4 is 0 Å². The van der Waals surface area contributed by atoms with Crippen LogP contribution in [-0.2, 0) is 0 Å². The van der Waals surface area contributed by atoms with E-state index in [9.17, 15) is 0 Å². The van der Waals surface area contributed by atoms with Gasteiger partial charge in [-0.15, -0.1) is 0 Å². The van der Waals surface area contributed by atoms with Crippen molar-refractivity contribution in [3.05, 3.63) is 6.42 Å². The molecule has 0 fully saturated rings. The highest BCUT2D eigenvalue weighted by Crippen LogP contribution is 1.91. The molecule has 3 nitrogen and oxygen atoms in total. The number of aliphatic hydroxyl groups is 2. The molecule has 0 bridgehead atoms. The topological polar surface area (TPSA) is 52.5 Å². The average Bonchev–Trinajstić information content (AvgIpc) is 1.89. The van der Waals surface area contributed by atoms with Gasteiger partial charge in [0.05, 0.1) is 12.7 Å². The maximum Gasteiger partial charge on any atom is 0.0696 e. The van der Waals surface area contributed by atoms with E-state index in [1.54, 1.807) is 0 Å². The van der Waals surface area contributed by atoms with E-state index in [0.29, 0.717) is 13.1 Å². The van der Waals surface area contributed by atoms with Crippen molar-refractivity contribution in [1.82, 2.24) is 5.32 Å². The summed E-state index contributed by atoms with van der Waals surface area (Å²) in [6.07, 6.45) is 2.32. The molecule has 0 saturated carbocycles. The lowest BCUT2D eigenvalue weighted by molar-refractivity contribution is 0.194. The van der Waals surface area contributed by atoms with Crippen LogP contribution < -0.4 is 5.32 Å². The van der Waals surface area contributed by atoms with Gasteiger partial charge < -0.3 is 15.5 Å². The number of nitrogens with one attached hydrogen (secondary N) is 1. The summed E-state index contributed by atoms with van der Waals surface area (Å²) in [6.45, 7) is 3.19. The number of aliphatic hydroxyl groups excluding tert-OH is 2. The zero-order valence-corrected chi connectivity index (χ0v) is 6.38. The van der Waals surface area contributed by atoms with Gasteiger partial charge >= 0.3 is 0 Å². The van der Waals surface area contributed by atoms with E-state index in [0.717, 1.165) is 6.42 Å². The molecular weight excluding hydrogens is 130 g/mol. The van der Waals surface area contributed by atoms with Gasteiger partial charge in [-0.25, -0.2) is 0 Å². The van der Waals surface area contributed by atoms with Crippen LogP contribution in [0.4, 0.5) is 0 Å². The SMILES string of the molecule is CC[CH]C(O)CNCCO. The fraction of sp³-hybridized carbons (Fsp3) is 0.857. The average molecular weight is 146 g/mol. The first-order valence-corrected chi connectivity index (χ1v) is 3.64. The monoisotopic (exact) mass is 146 g/mol. The molecule has 0 aromatic heterocycles. The molecule has 1 atom stereocenters. The van der Waals surface area contributed by atoms with Crippen LogP contribution in [0.25, 0.3) is 0 Å². The Kier molecular flexibility index (Phi) is 6.91. The van der Waals surface area contributed by atoms with Crippen molar-refractivity contribution in [3.63, 3.8) is 0 Å². The molecule has 3 heteroatoms. The van der Waals surface area contributed by atoms with Crippen molar-refractivity contribution < 1.29 is 10.2 Å². The van der Waals surface area contributed by atoms with Crippen LogP contribution in [0.5, 0.6) is 0 Å². The first-order valence-electron chi connectivity index (χ1n) is 3.64. The number of rotatable bonds is 6. The molecule has 0 spiro atoms. The van der Waals surface area contributed by atoms with Crippen molar-refractivity contribution in [2.24, 2.45) is 0 Å². The lowest BCUT2D eigenvalue weighted by Crippen LogP contribution is -2.29. The molecular formula is C7H16NO2. The van der Waals surface area contributed by atoms with E-state index >= 15 is 0 Å². The van der Waals surface area contributed by atoms with Gasteiger partial charge in [0.15, 0.2) is 0 Å². The summed E-state index contributed by atoms with van der Waals surface area (Å²) in [6, 6.07) is 0. The Morgan fingerprint density at radius 3 is 2.80 bits per heavy atom. The van der Waals surface area contributed by atoms with Crippen LogP contribution in [0.3, 0.4) is 0 Å². The van der Waals surface area contributed by atoms with E-state index in [-0.39, 0.29) is 12.7 Å². The van der Waals surface area contributed by atoms with Gasteiger partial charge in [-0.1, -0.05) is 13.3 Å². The minimum atomic E-state index is -0.378. The lowest BCUT2D eigenvalue weighted by atomic mass is 10.2. The molecule has 1 radical (unpaired) electrons. The molecule has 0 aromatic rings. The predicted molar refractivity (Wildman–Crippen MR) is 40.6 cm³/mol. The molecule has 3 N–H and O–H groups in total. The largest absolute Gasteiger partial charge is 0.395 e. The molecule has 0 rings (SSSR count). The summed E-state index contributed by atoms with van der Waals surface area (Å²) in [4.78, 5) is 0. The van der Waals surface area contributed by atoms with Crippen LogP contribution >= 0.6 is 0 Å². The highest BCUT2D eigenvalue weighted by molar-refractivity contribution is 4.74. The van der Waals surface area contributed by atoms with Crippen molar-refractivity contribution in [2.45, 2.75) is 19.4 Å². The Balaban J connectivity index is 2.97. The van der Waals surface area contributed by atoms with Crippen LogP contribution in [0, 0.1) is 6.42 Å². The molecule has 0 aliphatic rings. The third kappa shape index (κ3) is 6.01. The second-order valence-electron chi connectivity index (χ2n) is 2.14. The van der Waals surface area contributed by atoms with Gasteiger partial charge in [0.1, 0.15) is 0 Å². The molecule has 0 saturated heterocycles. The van der Waals surface area contributed by atoms with Gasteiger partial charge in [0, 0.05) is 13.1 Å². The van der Waals surface area contributed by atoms with E-state index in [1.165, 1.54) is 0 Å². The first kappa shape index (κ1) is 9.88. The highest BCUT2D eigenvalue weighted by atomic mass is 16.3. The van der Waals surface area contributed by atoms with Crippen LogP contribution in [0.1, 0.15) is 13.3 Å². The maximum absolute atomic E-state index is 9.08.